The fraction of sp³-hybridized carbons (Fsp3) is 0.600. The summed E-state index contributed by atoms with van der Waals surface area (Å²) < 4.78 is 16.8. The summed E-state index contributed by atoms with van der Waals surface area (Å²) in [6.07, 6.45) is 4.53. The number of halogens is 1. The third-order valence-electron chi connectivity index (χ3n) is 3.91. The molecule has 0 bridgehead atoms. The van der Waals surface area contributed by atoms with Crippen LogP contribution in [0.1, 0.15) is 24.8 Å². The summed E-state index contributed by atoms with van der Waals surface area (Å²) in [6, 6.07) is 2.26. The van der Waals surface area contributed by atoms with Crippen LogP contribution >= 0.6 is 11.6 Å². The number of rotatable bonds is 3. The van der Waals surface area contributed by atoms with Crippen molar-refractivity contribution in [3.63, 3.8) is 0 Å². The van der Waals surface area contributed by atoms with E-state index < -0.39 is 0 Å². The summed E-state index contributed by atoms with van der Waals surface area (Å²) in [5, 5.41) is 4.19. The molecule has 4 nitrogen and oxygen atoms in total. The molecule has 0 radical (unpaired) electrons. The lowest BCUT2D eigenvalue weighted by Crippen LogP contribution is -2.36. The van der Waals surface area contributed by atoms with Crippen molar-refractivity contribution in [3.05, 3.63) is 16.7 Å². The molecule has 0 saturated carbocycles. The summed E-state index contributed by atoms with van der Waals surface area (Å²) in [5.74, 6) is 2.18. The van der Waals surface area contributed by atoms with Crippen LogP contribution in [-0.4, -0.2) is 32.9 Å². The van der Waals surface area contributed by atoms with Gasteiger partial charge in [0.2, 0.25) is 0 Å². The van der Waals surface area contributed by atoms with Crippen molar-refractivity contribution in [1.29, 1.82) is 0 Å². The maximum Gasteiger partial charge on any atom is 0.166 e. The molecule has 1 saturated heterocycles. The minimum absolute atomic E-state index is 0.447. The first-order valence-corrected chi connectivity index (χ1v) is 7.55. The maximum atomic E-state index is 6.48. The molecule has 5 heteroatoms. The van der Waals surface area contributed by atoms with Crippen LogP contribution in [0.2, 0.25) is 5.02 Å². The topological polar surface area (TPSA) is 39.7 Å². The van der Waals surface area contributed by atoms with Crippen LogP contribution in [0.5, 0.6) is 17.2 Å². The molecule has 1 unspecified atom stereocenters. The van der Waals surface area contributed by atoms with Crippen molar-refractivity contribution in [2.45, 2.75) is 31.7 Å². The molecule has 1 fully saturated rings. The zero-order valence-corrected chi connectivity index (χ0v) is 12.5. The zero-order valence-electron chi connectivity index (χ0n) is 11.7. The van der Waals surface area contributed by atoms with E-state index in [4.69, 9.17) is 25.8 Å². The van der Waals surface area contributed by atoms with Gasteiger partial charge < -0.3 is 19.5 Å². The Morgan fingerprint density at radius 2 is 2.20 bits per heavy atom. The van der Waals surface area contributed by atoms with E-state index in [2.05, 4.69) is 5.32 Å². The quantitative estimate of drug-likeness (QED) is 0.931. The summed E-state index contributed by atoms with van der Waals surface area (Å²) in [7, 11) is 1.62. The highest BCUT2D eigenvalue weighted by atomic mass is 35.5. The molecule has 0 spiro atoms. The third kappa shape index (κ3) is 2.67. The second-order valence-electron chi connectivity index (χ2n) is 5.25. The molecule has 1 aromatic carbocycles. The summed E-state index contributed by atoms with van der Waals surface area (Å²) >= 11 is 6.48. The highest BCUT2D eigenvalue weighted by Crippen LogP contribution is 2.44. The van der Waals surface area contributed by atoms with Gasteiger partial charge in [-0.3, -0.25) is 0 Å². The predicted molar refractivity (Wildman–Crippen MR) is 78.3 cm³/mol. The van der Waals surface area contributed by atoms with Gasteiger partial charge in [0.05, 0.1) is 12.1 Å². The van der Waals surface area contributed by atoms with Crippen LogP contribution in [0, 0.1) is 0 Å². The molecular formula is C15H20ClNO3. The zero-order chi connectivity index (χ0) is 13.9. The Hall–Kier alpha value is -1.13. The number of nitrogens with one attached hydrogen (secondary N) is 1. The molecular weight excluding hydrogens is 278 g/mol. The van der Waals surface area contributed by atoms with E-state index in [1.54, 1.807) is 7.11 Å². The molecule has 0 aliphatic carbocycles. The minimum Gasteiger partial charge on any atom is -0.495 e. The Morgan fingerprint density at radius 1 is 1.35 bits per heavy atom. The van der Waals surface area contributed by atoms with Crippen molar-refractivity contribution in [1.82, 2.24) is 5.32 Å². The normalized spacial score (nSPS) is 21.6. The van der Waals surface area contributed by atoms with Gasteiger partial charge in [-0.2, -0.15) is 0 Å². The van der Waals surface area contributed by atoms with Crippen molar-refractivity contribution in [3.8, 4) is 17.2 Å². The number of hydrogen-bond donors (Lipinski definition) is 1. The van der Waals surface area contributed by atoms with Gasteiger partial charge in [-0.1, -0.05) is 18.0 Å². The lowest BCUT2D eigenvalue weighted by Gasteiger charge is -2.27. The van der Waals surface area contributed by atoms with E-state index in [1.165, 1.54) is 19.3 Å². The molecule has 2 aliphatic rings. The highest BCUT2D eigenvalue weighted by molar-refractivity contribution is 6.33. The first-order valence-electron chi connectivity index (χ1n) is 7.18. The first-order chi connectivity index (χ1) is 9.79. The standard InChI is InChI=1S/C15H20ClNO3/c1-18-12-9-13-15(20-7-6-19-13)11(14(12)16)8-10-4-2-3-5-17-10/h9-10,17H,2-8H2,1H3. The van der Waals surface area contributed by atoms with E-state index in [9.17, 15) is 0 Å². The summed E-state index contributed by atoms with van der Waals surface area (Å²) in [6.45, 7) is 2.21. The van der Waals surface area contributed by atoms with Crippen molar-refractivity contribution in [2.75, 3.05) is 26.9 Å². The number of piperidine rings is 1. The van der Waals surface area contributed by atoms with Crippen molar-refractivity contribution < 1.29 is 14.2 Å². The molecule has 1 atom stereocenters. The Labute approximate surface area is 124 Å². The van der Waals surface area contributed by atoms with Gasteiger partial charge in [-0.25, -0.2) is 0 Å². The van der Waals surface area contributed by atoms with Gasteiger partial charge in [0.1, 0.15) is 19.0 Å². The van der Waals surface area contributed by atoms with Gasteiger partial charge in [0.15, 0.2) is 11.5 Å². The fourth-order valence-corrected chi connectivity index (χ4v) is 3.18. The van der Waals surface area contributed by atoms with Crippen LogP contribution < -0.4 is 19.5 Å². The Balaban J connectivity index is 1.93. The SMILES string of the molecule is COc1cc2c(c(CC3CCCCN3)c1Cl)OCCO2. The van der Waals surface area contributed by atoms with E-state index >= 15 is 0 Å². The minimum atomic E-state index is 0.447. The van der Waals surface area contributed by atoms with Gasteiger partial charge in [0.25, 0.3) is 0 Å². The molecule has 110 valence electrons. The number of ether oxygens (including phenoxy) is 3. The van der Waals surface area contributed by atoms with Crippen LogP contribution in [0.15, 0.2) is 6.07 Å². The van der Waals surface area contributed by atoms with E-state index in [0.717, 1.165) is 30.0 Å². The van der Waals surface area contributed by atoms with Gasteiger partial charge >= 0.3 is 0 Å². The van der Waals surface area contributed by atoms with Gasteiger partial charge in [-0.05, 0) is 25.8 Å². The monoisotopic (exact) mass is 297 g/mol. The van der Waals surface area contributed by atoms with Crippen LogP contribution in [0.3, 0.4) is 0 Å². The Bertz CT molecular complexity index is 486. The van der Waals surface area contributed by atoms with Gasteiger partial charge in [0, 0.05) is 17.7 Å². The van der Waals surface area contributed by atoms with Crippen LogP contribution in [0.25, 0.3) is 0 Å². The number of methoxy groups -OCH3 is 1. The predicted octanol–water partition coefficient (Wildman–Crippen LogP) is 2.80. The van der Waals surface area contributed by atoms with Crippen LogP contribution in [-0.2, 0) is 6.42 Å². The van der Waals surface area contributed by atoms with Crippen molar-refractivity contribution >= 4 is 11.6 Å². The third-order valence-corrected chi connectivity index (χ3v) is 4.33. The maximum absolute atomic E-state index is 6.48. The Morgan fingerprint density at radius 3 is 2.95 bits per heavy atom. The number of fused-ring (bicyclic) bond motifs is 1. The average Bonchev–Trinajstić information content (AvgIpc) is 2.51. The molecule has 2 heterocycles. The Kier molecular flexibility index (Phi) is 4.22. The summed E-state index contributed by atoms with van der Waals surface area (Å²) in [4.78, 5) is 0. The van der Waals surface area contributed by atoms with E-state index in [1.807, 2.05) is 6.07 Å². The van der Waals surface area contributed by atoms with Crippen LogP contribution in [0.4, 0.5) is 0 Å². The summed E-state index contributed by atoms with van der Waals surface area (Å²) in [5.41, 5.74) is 1.00. The molecule has 2 aliphatic heterocycles. The van der Waals surface area contributed by atoms with Crippen molar-refractivity contribution in [2.24, 2.45) is 0 Å². The largest absolute Gasteiger partial charge is 0.495 e. The van der Waals surface area contributed by atoms with E-state index in [-0.39, 0.29) is 0 Å². The second kappa shape index (κ2) is 6.10. The molecule has 0 amide bonds. The van der Waals surface area contributed by atoms with Gasteiger partial charge in [-0.15, -0.1) is 0 Å². The smallest absolute Gasteiger partial charge is 0.166 e. The number of benzene rings is 1. The molecule has 1 N–H and O–H groups in total. The molecule has 20 heavy (non-hydrogen) atoms. The van der Waals surface area contributed by atoms with E-state index in [0.29, 0.717) is 30.0 Å². The lowest BCUT2D eigenvalue weighted by molar-refractivity contribution is 0.168. The average molecular weight is 298 g/mol. The highest BCUT2D eigenvalue weighted by Gasteiger charge is 2.25. The fourth-order valence-electron chi connectivity index (χ4n) is 2.88. The lowest BCUT2D eigenvalue weighted by atomic mass is 9.96. The second-order valence-corrected chi connectivity index (χ2v) is 5.62. The molecule has 1 aromatic rings. The number of hydrogen-bond acceptors (Lipinski definition) is 4. The molecule has 3 rings (SSSR count). The first kappa shape index (κ1) is 13.8. The molecule has 0 aromatic heterocycles.